The number of nitrogens with zero attached hydrogens (tertiary/aromatic N) is 3. The Labute approximate surface area is 106 Å². The first-order valence-corrected chi connectivity index (χ1v) is 6.07. The summed E-state index contributed by atoms with van der Waals surface area (Å²) >= 11 is 0. The van der Waals surface area contributed by atoms with Gasteiger partial charge in [-0.05, 0) is 13.8 Å². The van der Waals surface area contributed by atoms with E-state index in [9.17, 15) is 0 Å². The Morgan fingerprint density at radius 2 is 2.28 bits per heavy atom. The van der Waals surface area contributed by atoms with E-state index in [1.165, 1.54) is 0 Å². The molecule has 0 aliphatic rings. The van der Waals surface area contributed by atoms with Gasteiger partial charge in [-0.3, -0.25) is 0 Å². The molecule has 0 bridgehead atoms. The van der Waals surface area contributed by atoms with Gasteiger partial charge in [0.15, 0.2) is 11.5 Å². The van der Waals surface area contributed by atoms with Gasteiger partial charge in [0.05, 0.1) is 18.9 Å². The molecule has 0 saturated heterocycles. The van der Waals surface area contributed by atoms with Gasteiger partial charge in [0, 0.05) is 26.0 Å². The van der Waals surface area contributed by atoms with Crippen molar-refractivity contribution in [3.63, 3.8) is 0 Å². The molecule has 0 atom stereocenters. The van der Waals surface area contributed by atoms with Crippen LogP contribution in [-0.4, -0.2) is 40.7 Å². The third-order valence-electron chi connectivity index (χ3n) is 2.48. The van der Waals surface area contributed by atoms with Gasteiger partial charge in [-0.2, -0.15) is 0 Å². The average molecular weight is 249 g/mol. The molecule has 0 spiro atoms. The molecule has 0 fully saturated rings. The van der Waals surface area contributed by atoms with Crippen LogP contribution in [-0.2, 0) is 4.74 Å². The van der Waals surface area contributed by atoms with Crippen molar-refractivity contribution in [3.8, 4) is 0 Å². The zero-order chi connectivity index (χ0) is 13.0. The van der Waals surface area contributed by atoms with Crippen LogP contribution in [0.5, 0.6) is 0 Å². The van der Waals surface area contributed by atoms with Crippen molar-refractivity contribution in [3.05, 3.63) is 18.6 Å². The van der Waals surface area contributed by atoms with Crippen LogP contribution in [0.2, 0.25) is 0 Å². The second-order valence-corrected chi connectivity index (χ2v) is 4.23. The number of anilines is 2. The molecule has 0 radical (unpaired) electrons. The highest BCUT2D eigenvalue weighted by atomic mass is 16.5. The summed E-state index contributed by atoms with van der Waals surface area (Å²) in [7, 11) is 1.84. The summed E-state index contributed by atoms with van der Waals surface area (Å²) in [6, 6.07) is 0. The molecule has 6 nitrogen and oxygen atoms in total. The molecule has 0 unspecified atom stereocenters. The van der Waals surface area contributed by atoms with E-state index in [-0.39, 0.29) is 6.10 Å². The SMILES string of the molecule is CNc1cn2ccnc2c(NCCOC(C)C)n1. The summed E-state index contributed by atoms with van der Waals surface area (Å²) in [4.78, 5) is 8.72. The Kier molecular flexibility index (Phi) is 3.99. The fourth-order valence-electron chi connectivity index (χ4n) is 1.63. The maximum absolute atomic E-state index is 5.48. The summed E-state index contributed by atoms with van der Waals surface area (Å²) in [5.41, 5.74) is 0.818. The molecular formula is C12H19N5O. The maximum atomic E-state index is 5.48. The predicted molar refractivity (Wildman–Crippen MR) is 72.1 cm³/mol. The van der Waals surface area contributed by atoms with Crippen LogP contribution >= 0.6 is 0 Å². The van der Waals surface area contributed by atoms with Crippen LogP contribution in [0.25, 0.3) is 5.65 Å². The Morgan fingerprint density at radius 3 is 3.00 bits per heavy atom. The van der Waals surface area contributed by atoms with E-state index in [0.717, 1.165) is 17.3 Å². The van der Waals surface area contributed by atoms with Gasteiger partial charge >= 0.3 is 0 Å². The lowest BCUT2D eigenvalue weighted by Gasteiger charge is -2.11. The first-order valence-electron chi connectivity index (χ1n) is 6.07. The number of ether oxygens (including phenoxy) is 1. The zero-order valence-corrected chi connectivity index (χ0v) is 11.0. The van der Waals surface area contributed by atoms with Crippen LogP contribution in [0.1, 0.15) is 13.8 Å². The van der Waals surface area contributed by atoms with Gasteiger partial charge in [0.25, 0.3) is 0 Å². The van der Waals surface area contributed by atoms with Crippen molar-refractivity contribution in [2.24, 2.45) is 0 Å². The molecule has 18 heavy (non-hydrogen) atoms. The average Bonchev–Trinajstić information content (AvgIpc) is 2.82. The summed E-state index contributed by atoms with van der Waals surface area (Å²) < 4.78 is 7.42. The summed E-state index contributed by atoms with van der Waals surface area (Å²) in [6.45, 7) is 5.40. The first kappa shape index (κ1) is 12.6. The van der Waals surface area contributed by atoms with Crippen LogP contribution < -0.4 is 10.6 Å². The molecule has 2 N–H and O–H groups in total. The van der Waals surface area contributed by atoms with E-state index in [1.54, 1.807) is 6.20 Å². The number of nitrogens with one attached hydrogen (secondary N) is 2. The third-order valence-corrected chi connectivity index (χ3v) is 2.48. The second-order valence-electron chi connectivity index (χ2n) is 4.23. The molecule has 6 heteroatoms. The Hall–Kier alpha value is -1.82. The largest absolute Gasteiger partial charge is 0.377 e. The summed E-state index contributed by atoms with van der Waals surface area (Å²) in [5, 5.41) is 6.27. The smallest absolute Gasteiger partial charge is 0.180 e. The van der Waals surface area contributed by atoms with Crippen LogP contribution in [0.4, 0.5) is 11.6 Å². The van der Waals surface area contributed by atoms with E-state index in [0.29, 0.717) is 13.2 Å². The highest BCUT2D eigenvalue weighted by molar-refractivity contribution is 5.65. The van der Waals surface area contributed by atoms with Crippen LogP contribution in [0, 0.1) is 0 Å². The lowest BCUT2D eigenvalue weighted by atomic mass is 10.5. The molecule has 0 amide bonds. The van der Waals surface area contributed by atoms with E-state index >= 15 is 0 Å². The third kappa shape index (κ3) is 2.89. The van der Waals surface area contributed by atoms with Crippen molar-refractivity contribution < 1.29 is 4.74 Å². The lowest BCUT2D eigenvalue weighted by molar-refractivity contribution is 0.0870. The molecule has 0 aromatic carbocycles. The Morgan fingerprint density at radius 1 is 1.44 bits per heavy atom. The number of fused-ring (bicyclic) bond motifs is 1. The van der Waals surface area contributed by atoms with Crippen molar-refractivity contribution in [1.29, 1.82) is 0 Å². The van der Waals surface area contributed by atoms with Crippen molar-refractivity contribution in [2.75, 3.05) is 30.8 Å². The number of hydrogen-bond acceptors (Lipinski definition) is 5. The topological polar surface area (TPSA) is 63.5 Å². The fourth-order valence-corrected chi connectivity index (χ4v) is 1.63. The fraction of sp³-hybridized carbons (Fsp3) is 0.500. The normalized spacial score (nSPS) is 11.1. The van der Waals surface area contributed by atoms with E-state index < -0.39 is 0 Å². The highest BCUT2D eigenvalue weighted by Crippen LogP contribution is 2.15. The Balaban J connectivity index is 2.08. The lowest BCUT2D eigenvalue weighted by Crippen LogP contribution is -2.15. The zero-order valence-electron chi connectivity index (χ0n) is 11.0. The van der Waals surface area contributed by atoms with Crippen molar-refractivity contribution in [2.45, 2.75) is 20.0 Å². The minimum absolute atomic E-state index is 0.245. The molecule has 0 aliphatic carbocycles. The quantitative estimate of drug-likeness (QED) is 0.761. The Bertz CT molecular complexity index is 508. The molecule has 0 saturated carbocycles. The van der Waals surface area contributed by atoms with Gasteiger partial charge in [0.1, 0.15) is 5.82 Å². The van der Waals surface area contributed by atoms with Gasteiger partial charge < -0.3 is 19.8 Å². The molecular weight excluding hydrogens is 230 g/mol. The summed E-state index contributed by atoms with van der Waals surface area (Å²) in [6.07, 6.45) is 5.80. The van der Waals surface area contributed by atoms with E-state index in [4.69, 9.17) is 4.74 Å². The minimum atomic E-state index is 0.245. The minimum Gasteiger partial charge on any atom is -0.377 e. The molecule has 2 heterocycles. The van der Waals surface area contributed by atoms with Crippen molar-refractivity contribution in [1.82, 2.24) is 14.4 Å². The monoisotopic (exact) mass is 249 g/mol. The predicted octanol–water partition coefficient (Wildman–Crippen LogP) is 1.61. The maximum Gasteiger partial charge on any atom is 0.180 e. The van der Waals surface area contributed by atoms with Gasteiger partial charge in [-0.25, -0.2) is 9.97 Å². The number of hydrogen-bond donors (Lipinski definition) is 2. The summed E-state index contributed by atoms with van der Waals surface area (Å²) in [5.74, 6) is 1.56. The van der Waals surface area contributed by atoms with E-state index in [1.807, 2.05) is 37.7 Å². The molecule has 2 aromatic rings. The number of imidazole rings is 1. The van der Waals surface area contributed by atoms with Crippen LogP contribution in [0.15, 0.2) is 18.6 Å². The highest BCUT2D eigenvalue weighted by Gasteiger charge is 2.06. The molecule has 0 aliphatic heterocycles. The van der Waals surface area contributed by atoms with Crippen LogP contribution in [0.3, 0.4) is 0 Å². The second kappa shape index (κ2) is 5.68. The number of rotatable bonds is 6. The van der Waals surface area contributed by atoms with Gasteiger partial charge in [-0.15, -0.1) is 0 Å². The van der Waals surface area contributed by atoms with Crippen molar-refractivity contribution >= 4 is 17.3 Å². The standard InChI is InChI=1S/C12H19N5O/c1-9(2)18-7-5-14-11-12-15-4-6-17(12)8-10(13-3)16-11/h4,6,8-9,13H,5,7H2,1-3H3,(H,14,16). The molecule has 2 aromatic heterocycles. The molecule has 98 valence electrons. The van der Waals surface area contributed by atoms with Gasteiger partial charge in [0.2, 0.25) is 0 Å². The first-order chi connectivity index (χ1) is 8.70. The van der Waals surface area contributed by atoms with E-state index in [2.05, 4.69) is 20.6 Å². The molecule has 2 rings (SSSR count). The number of aromatic nitrogens is 3. The van der Waals surface area contributed by atoms with Gasteiger partial charge in [-0.1, -0.05) is 0 Å².